The van der Waals surface area contributed by atoms with Crippen LogP contribution >= 0.6 is 0 Å². The molecule has 2 rings (SSSR count). The van der Waals surface area contributed by atoms with Crippen molar-refractivity contribution in [2.45, 2.75) is 19.4 Å². The first-order valence-corrected chi connectivity index (χ1v) is 5.19. The fourth-order valence-electron chi connectivity index (χ4n) is 2.58. The monoisotopic (exact) mass is 179 g/mol. The number of nitriles is 1. The number of likely N-dealkylation sites (tertiary alicyclic amines) is 1. The first kappa shape index (κ1) is 8.98. The Bertz CT molecular complexity index is 209. The summed E-state index contributed by atoms with van der Waals surface area (Å²) in [4.78, 5) is 2.36. The van der Waals surface area contributed by atoms with Crippen molar-refractivity contribution in [2.75, 3.05) is 26.2 Å². The average molecular weight is 179 g/mol. The van der Waals surface area contributed by atoms with Gasteiger partial charge >= 0.3 is 0 Å². The summed E-state index contributed by atoms with van der Waals surface area (Å²) in [6, 6.07) is 2.55. The van der Waals surface area contributed by atoms with Gasteiger partial charge in [-0.2, -0.15) is 5.26 Å². The molecule has 1 N–H and O–H groups in total. The van der Waals surface area contributed by atoms with Gasteiger partial charge in [-0.05, 0) is 31.3 Å². The summed E-state index contributed by atoms with van der Waals surface area (Å²) >= 11 is 0. The second kappa shape index (κ2) is 3.65. The molecule has 0 aromatic heterocycles. The number of hydrogen-bond donors (Lipinski definition) is 1. The third-order valence-electron chi connectivity index (χ3n) is 3.39. The smallest absolute Gasteiger partial charge is 0.0975 e. The van der Waals surface area contributed by atoms with Crippen molar-refractivity contribution < 1.29 is 0 Å². The predicted molar refractivity (Wildman–Crippen MR) is 51.1 cm³/mol. The quantitative estimate of drug-likeness (QED) is 0.668. The van der Waals surface area contributed by atoms with Crippen molar-refractivity contribution in [2.24, 2.45) is 11.8 Å². The summed E-state index contributed by atoms with van der Waals surface area (Å²) in [5, 5.41) is 12.4. The number of nitrogens with zero attached hydrogens (tertiary/aromatic N) is 2. The Kier molecular flexibility index (Phi) is 2.52. The van der Waals surface area contributed by atoms with Crippen molar-refractivity contribution in [1.82, 2.24) is 10.2 Å². The van der Waals surface area contributed by atoms with Crippen LogP contribution < -0.4 is 5.32 Å². The van der Waals surface area contributed by atoms with E-state index in [0.717, 1.165) is 44.4 Å². The molecule has 0 aromatic carbocycles. The highest BCUT2D eigenvalue weighted by Gasteiger charge is 2.38. The van der Waals surface area contributed by atoms with E-state index in [9.17, 15) is 0 Å². The van der Waals surface area contributed by atoms with Gasteiger partial charge in [0.05, 0.1) is 12.1 Å². The standard InChI is InChI=1S/C10H17N3/c1-2-10(3-11)13-6-8-4-12-5-9(8)7-13/h8-10,12H,2,4-7H2,1H3. The Morgan fingerprint density at radius 2 is 2.08 bits per heavy atom. The van der Waals surface area contributed by atoms with Crippen LogP contribution in [-0.4, -0.2) is 37.1 Å². The van der Waals surface area contributed by atoms with E-state index in [1.54, 1.807) is 0 Å². The summed E-state index contributed by atoms with van der Waals surface area (Å²) in [5.41, 5.74) is 0. The van der Waals surface area contributed by atoms with E-state index in [0.29, 0.717) is 0 Å². The average Bonchev–Trinajstić information content (AvgIpc) is 2.65. The lowest BCUT2D eigenvalue weighted by atomic mass is 10.0. The molecule has 3 atom stereocenters. The van der Waals surface area contributed by atoms with Gasteiger partial charge in [0.2, 0.25) is 0 Å². The molecule has 3 nitrogen and oxygen atoms in total. The van der Waals surface area contributed by atoms with E-state index in [-0.39, 0.29) is 6.04 Å². The highest BCUT2D eigenvalue weighted by molar-refractivity contribution is 4.99. The van der Waals surface area contributed by atoms with E-state index in [4.69, 9.17) is 5.26 Å². The molecule has 0 aromatic rings. The summed E-state index contributed by atoms with van der Waals surface area (Å²) < 4.78 is 0. The third-order valence-corrected chi connectivity index (χ3v) is 3.39. The van der Waals surface area contributed by atoms with E-state index >= 15 is 0 Å². The molecule has 2 aliphatic heterocycles. The van der Waals surface area contributed by atoms with Crippen molar-refractivity contribution in [1.29, 1.82) is 5.26 Å². The number of fused-ring (bicyclic) bond motifs is 1. The van der Waals surface area contributed by atoms with E-state index in [1.165, 1.54) is 0 Å². The van der Waals surface area contributed by atoms with Crippen LogP contribution in [0.4, 0.5) is 0 Å². The Labute approximate surface area is 79.7 Å². The van der Waals surface area contributed by atoms with Gasteiger partial charge in [-0.15, -0.1) is 0 Å². The van der Waals surface area contributed by atoms with Crippen molar-refractivity contribution in [3.05, 3.63) is 0 Å². The zero-order chi connectivity index (χ0) is 9.26. The van der Waals surface area contributed by atoms with Gasteiger partial charge in [0.25, 0.3) is 0 Å². The van der Waals surface area contributed by atoms with Gasteiger partial charge in [0, 0.05) is 13.1 Å². The zero-order valence-corrected chi connectivity index (χ0v) is 8.16. The van der Waals surface area contributed by atoms with Crippen LogP contribution in [0.5, 0.6) is 0 Å². The second-order valence-electron chi connectivity index (χ2n) is 4.19. The third kappa shape index (κ3) is 1.56. The summed E-state index contributed by atoms with van der Waals surface area (Å²) in [6.07, 6.45) is 0.962. The maximum absolute atomic E-state index is 8.94. The minimum absolute atomic E-state index is 0.158. The highest BCUT2D eigenvalue weighted by atomic mass is 15.2. The molecule has 3 unspecified atom stereocenters. The van der Waals surface area contributed by atoms with Gasteiger partial charge in [-0.1, -0.05) is 6.92 Å². The summed E-state index contributed by atoms with van der Waals surface area (Å²) in [5.74, 6) is 1.62. The molecule has 0 spiro atoms. The van der Waals surface area contributed by atoms with Gasteiger partial charge in [0.15, 0.2) is 0 Å². The molecular formula is C10H17N3. The Balaban J connectivity index is 1.95. The molecular weight excluding hydrogens is 162 g/mol. The topological polar surface area (TPSA) is 39.1 Å². The Morgan fingerprint density at radius 1 is 1.46 bits per heavy atom. The number of hydrogen-bond acceptors (Lipinski definition) is 3. The first-order chi connectivity index (χ1) is 6.35. The number of nitrogens with one attached hydrogen (secondary N) is 1. The number of rotatable bonds is 2. The van der Waals surface area contributed by atoms with Crippen molar-refractivity contribution >= 4 is 0 Å². The maximum atomic E-state index is 8.94. The highest BCUT2D eigenvalue weighted by Crippen LogP contribution is 2.28. The van der Waals surface area contributed by atoms with Crippen LogP contribution in [0.25, 0.3) is 0 Å². The SMILES string of the molecule is CCC(C#N)N1CC2CNCC2C1. The first-order valence-electron chi connectivity index (χ1n) is 5.19. The second-order valence-corrected chi connectivity index (χ2v) is 4.19. The van der Waals surface area contributed by atoms with Crippen LogP contribution in [0, 0.1) is 23.2 Å². The normalized spacial score (nSPS) is 35.7. The zero-order valence-electron chi connectivity index (χ0n) is 8.16. The molecule has 0 bridgehead atoms. The fraction of sp³-hybridized carbons (Fsp3) is 0.900. The minimum Gasteiger partial charge on any atom is -0.316 e. The molecule has 2 saturated heterocycles. The van der Waals surface area contributed by atoms with Gasteiger partial charge in [-0.25, -0.2) is 0 Å². The molecule has 13 heavy (non-hydrogen) atoms. The summed E-state index contributed by atoms with van der Waals surface area (Å²) in [6.45, 7) is 6.67. The van der Waals surface area contributed by atoms with Gasteiger partial charge in [-0.3, -0.25) is 4.90 Å². The van der Waals surface area contributed by atoms with Crippen LogP contribution in [-0.2, 0) is 0 Å². The van der Waals surface area contributed by atoms with Crippen molar-refractivity contribution in [3.63, 3.8) is 0 Å². The fourth-order valence-corrected chi connectivity index (χ4v) is 2.58. The molecule has 0 radical (unpaired) electrons. The lowest BCUT2D eigenvalue weighted by molar-refractivity contribution is 0.263. The lowest BCUT2D eigenvalue weighted by Crippen LogP contribution is -2.34. The minimum atomic E-state index is 0.158. The molecule has 3 heteroatoms. The molecule has 0 saturated carbocycles. The van der Waals surface area contributed by atoms with Crippen LogP contribution in [0.1, 0.15) is 13.3 Å². The van der Waals surface area contributed by atoms with Crippen molar-refractivity contribution in [3.8, 4) is 6.07 Å². The maximum Gasteiger partial charge on any atom is 0.0975 e. The Morgan fingerprint density at radius 3 is 2.54 bits per heavy atom. The van der Waals surface area contributed by atoms with Crippen LogP contribution in [0.15, 0.2) is 0 Å². The Hall–Kier alpha value is -0.590. The van der Waals surface area contributed by atoms with E-state index in [1.807, 2.05) is 0 Å². The molecule has 2 fully saturated rings. The molecule has 72 valence electrons. The van der Waals surface area contributed by atoms with Gasteiger partial charge in [0.1, 0.15) is 0 Å². The van der Waals surface area contributed by atoms with Crippen LogP contribution in [0.3, 0.4) is 0 Å². The lowest BCUT2D eigenvalue weighted by Gasteiger charge is -2.21. The molecule has 0 aliphatic carbocycles. The molecule has 0 amide bonds. The van der Waals surface area contributed by atoms with E-state index in [2.05, 4.69) is 23.2 Å². The molecule has 2 aliphatic rings. The summed E-state index contributed by atoms with van der Waals surface area (Å²) in [7, 11) is 0. The van der Waals surface area contributed by atoms with Crippen LogP contribution in [0.2, 0.25) is 0 Å². The van der Waals surface area contributed by atoms with Gasteiger partial charge < -0.3 is 5.32 Å². The molecule has 2 heterocycles. The predicted octanol–water partition coefficient (Wildman–Crippen LogP) is 0.440. The largest absolute Gasteiger partial charge is 0.316 e. The van der Waals surface area contributed by atoms with E-state index < -0.39 is 0 Å².